The maximum absolute atomic E-state index is 12.7. The lowest BCUT2D eigenvalue weighted by molar-refractivity contribution is -0.142. The molecule has 1 amide bonds. The largest absolute Gasteiger partial charge is 0.395 e. The molecule has 0 spiro atoms. The van der Waals surface area contributed by atoms with Gasteiger partial charge < -0.3 is 15.7 Å². The fourth-order valence-electron chi connectivity index (χ4n) is 4.17. The minimum atomic E-state index is 0.0379. The van der Waals surface area contributed by atoms with E-state index in [4.69, 9.17) is 10.8 Å². The zero-order valence-corrected chi connectivity index (χ0v) is 10.9. The van der Waals surface area contributed by atoms with Crippen LogP contribution >= 0.6 is 0 Å². The lowest BCUT2D eigenvalue weighted by Gasteiger charge is -2.41. The fraction of sp³-hybridized carbons (Fsp3) is 0.929. The Morgan fingerprint density at radius 3 is 2.44 bits per heavy atom. The fourth-order valence-corrected chi connectivity index (χ4v) is 4.17. The predicted octanol–water partition coefficient (Wildman–Crippen LogP) is 0.733. The van der Waals surface area contributed by atoms with Crippen LogP contribution in [0.15, 0.2) is 0 Å². The number of aliphatic hydroxyl groups is 1. The van der Waals surface area contributed by atoms with E-state index in [1.165, 1.54) is 19.3 Å². The van der Waals surface area contributed by atoms with Crippen LogP contribution in [0.1, 0.15) is 38.5 Å². The molecule has 102 valence electrons. The van der Waals surface area contributed by atoms with Gasteiger partial charge in [-0.25, -0.2) is 0 Å². The van der Waals surface area contributed by atoms with Crippen molar-refractivity contribution in [3.8, 4) is 0 Å². The third-order valence-electron chi connectivity index (χ3n) is 5.41. The molecule has 3 N–H and O–H groups in total. The summed E-state index contributed by atoms with van der Waals surface area (Å²) in [5.74, 6) is 1.35. The van der Waals surface area contributed by atoms with Crippen LogP contribution in [0.2, 0.25) is 0 Å². The van der Waals surface area contributed by atoms with Gasteiger partial charge in [-0.2, -0.15) is 0 Å². The van der Waals surface area contributed by atoms with Gasteiger partial charge in [0.25, 0.3) is 0 Å². The van der Waals surface area contributed by atoms with Crippen LogP contribution in [0.25, 0.3) is 0 Å². The van der Waals surface area contributed by atoms with Crippen molar-refractivity contribution in [1.29, 1.82) is 0 Å². The molecule has 3 fully saturated rings. The van der Waals surface area contributed by atoms with Crippen LogP contribution in [0.5, 0.6) is 0 Å². The molecule has 2 bridgehead atoms. The maximum atomic E-state index is 12.7. The average Bonchev–Trinajstić information content (AvgIpc) is 2.85. The Hall–Kier alpha value is -0.610. The smallest absolute Gasteiger partial charge is 0.227 e. The molecule has 3 rings (SSSR count). The minimum Gasteiger partial charge on any atom is -0.395 e. The van der Waals surface area contributed by atoms with Crippen LogP contribution in [-0.4, -0.2) is 41.1 Å². The molecule has 0 aliphatic heterocycles. The Kier molecular flexibility index (Phi) is 3.32. The zero-order valence-electron chi connectivity index (χ0n) is 10.9. The molecule has 4 heteroatoms. The molecule has 3 aliphatic rings. The Bertz CT molecular complexity index is 328. The van der Waals surface area contributed by atoms with Crippen LogP contribution in [0.4, 0.5) is 0 Å². The summed E-state index contributed by atoms with van der Waals surface area (Å²) in [5.41, 5.74) is 6.25. The number of nitrogens with two attached hydrogens (primary N) is 1. The van der Waals surface area contributed by atoms with Crippen molar-refractivity contribution < 1.29 is 9.90 Å². The normalized spacial score (nSPS) is 38.8. The number of aliphatic hydroxyl groups excluding tert-OH is 1. The lowest BCUT2D eigenvalue weighted by Crippen LogP contribution is -2.53. The summed E-state index contributed by atoms with van der Waals surface area (Å²) in [7, 11) is 0. The molecule has 0 radical (unpaired) electrons. The number of amides is 1. The summed E-state index contributed by atoms with van der Waals surface area (Å²) in [5, 5.41) is 9.17. The van der Waals surface area contributed by atoms with Gasteiger partial charge >= 0.3 is 0 Å². The molecule has 0 aromatic heterocycles. The zero-order chi connectivity index (χ0) is 12.7. The van der Waals surface area contributed by atoms with Crippen molar-refractivity contribution >= 4 is 5.91 Å². The van der Waals surface area contributed by atoms with E-state index in [2.05, 4.69) is 0 Å². The molecule has 0 aromatic rings. The number of carbonyl (C=O) groups is 1. The number of hydrogen-bond acceptors (Lipinski definition) is 3. The van der Waals surface area contributed by atoms with Crippen molar-refractivity contribution in [3.63, 3.8) is 0 Å². The summed E-state index contributed by atoms with van der Waals surface area (Å²) in [6, 6.07) is 0.438. The van der Waals surface area contributed by atoms with Gasteiger partial charge in [-0.3, -0.25) is 4.79 Å². The summed E-state index contributed by atoms with van der Waals surface area (Å²) < 4.78 is 0. The Morgan fingerprint density at radius 2 is 1.94 bits per heavy atom. The lowest BCUT2D eigenvalue weighted by atomic mass is 9.82. The second kappa shape index (κ2) is 4.82. The Morgan fingerprint density at radius 1 is 1.22 bits per heavy atom. The van der Waals surface area contributed by atoms with Gasteiger partial charge in [-0.15, -0.1) is 0 Å². The first kappa shape index (κ1) is 12.4. The standard InChI is InChI=1S/C14H24N2O2/c15-13-10-5-4-9(8-10)12(13)14(18)16(6-7-17)11-2-1-3-11/h9-13,17H,1-8,15H2. The van der Waals surface area contributed by atoms with E-state index in [1.807, 2.05) is 4.90 Å². The van der Waals surface area contributed by atoms with Gasteiger partial charge in [0, 0.05) is 18.6 Å². The third-order valence-corrected chi connectivity index (χ3v) is 5.41. The van der Waals surface area contributed by atoms with E-state index in [-0.39, 0.29) is 24.5 Å². The highest BCUT2D eigenvalue weighted by Gasteiger charge is 2.50. The number of rotatable bonds is 4. The maximum Gasteiger partial charge on any atom is 0.227 e. The van der Waals surface area contributed by atoms with Crippen molar-refractivity contribution in [1.82, 2.24) is 4.90 Å². The monoisotopic (exact) mass is 252 g/mol. The quantitative estimate of drug-likeness (QED) is 0.775. The van der Waals surface area contributed by atoms with Crippen molar-refractivity contribution in [2.45, 2.75) is 50.6 Å². The average molecular weight is 252 g/mol. The molecule has 3 aliphatic carbocycles. The van der Waals surface area contributed by atoms with Gasteiger partial charge in [0.2, 0.25) is 5.91 Å². The first-order valence-electron chi connectivity index (χ1n) is 7.39. The number of carbonyl (C=O) groups excluding carboxylic acids is 1. The van der Waals surface area contributed by atoms with Gasteiger partial charge in [-0.1, -0.05) is 0 Å². The number of fused-ring (bicyclic) bond motifs is 2. The second-order valence-corrected chi connectivity index (χ2v) is 6.28. The summed E-state index contributed by atoms with van der Waals surface area (Å²) in [4.78, 5) is 14.6. The SMILES string of the molecule is NC1C2CCC(C2)C1C(=O)N(CCO)C1CCC1. The highest BCUT2D eigenvalue weighted by molar-refractivity contribution is 5.81. The van der Waals surface area contributed by atoms with Gasteiger partial charge in [0.15, 0.2) is 0 Å². The summed E-state index contributed by atoms with van der Waals surface area (Å²) >= 11 is 0. The van der Waals surface area contributed by atoms with E-state index >= 15 is 0 Å². The molecular formula is C14H24N2O2. The molecular weight excluding hydrogens is 228 g/mol. The van der Waals surface area contributed by atoms with Crippen molar-refractivity contribution in [2.24, 2.45) is 23.5 Å². The van der Waals surface area contributed by atoms with Crippen molar-refractivity contribution in [2.75, 3.05) is 13.2 Å². The molecule has 18 heavy (non-hydrogen) atoms. The summed E-state index contributed by atoms with van der Waals surface area (Å²) in [6.45, 7) is 0.558. The van der Waals surface area contributed by atoms with E-state index in [0.29, 0.717) is 24.4 Å². The second-order valence-electron chi connectivity index (χ2n) is 6.28. The van der Waals surface area contributed by atoms with Crippen LogP contribution in [0, 0.1) is 17.8 Å². The van der Waals surface area contributed by atoms with Gasteiger partial charge in [-0.05, 0) is 50.4 Å². The number of hydrogen-bond donors (Lipinski definition) is 2. The minimum absolute atomic E-state index is 0.0379. The molecule has 0 heterocycles. The predicted molar refractivity (Wildman–Crippen MR) is 68.7 cm³/mol. The molecule has 4 nitrogen and oxygen atoms in total. The van der Waals surface area contributed by atoms with Crippen molar-refractivity contribution in [3.05, 3.63) is 0 Å². The highest BCUT2D eigenvalue weighted by Crippen LogP contribution is 2.48. The van der Waals surface area contributed by atoms with E-state index in [0.717, 1.165) is 19.3 Å². The van der Waals surface area contributed by atoms with Crippen LogP contribution in [0.3, 0.4) is 0 Å². The topological polar surface area (TPSA) is 66.6 Å². The van der Waals surface area contributed by atoms with Crippen LogP contribution in [-0.2, 0) is 4.79 Å². The van der Waals surface area contributed by atoms with E-state index in [1.54, 1.807) is 0 Å². The highest BCUT2D eigenvalue weighted by atomic mass is 16.3. The molecule has 0 saturated heterocycles. The first-order valence-corrected chi connectivity index (χ1v) is 7.39. The molecule has 0 aromatic carbocycles. The molecule has 3 saturated carbocycles. The van der Waals surface area contributed by atoms with Gasteiger partial charge in [0.1, 0.15) is 0 Å². The van der Waals surface area contributed by atoms with Gasteiger partial charge in [0.05, 0.1) is 12.5 Å². The summed E-state index contributed by atoms with van der Waals surface area (Å²) in [6.07, 6.45) is 6.94. The Balaban J connectivity index is 1.71. The molecule has 4 unspecified atom stereocenters. The molecule has 4 atom stereocenters. The first-order chi connectivity index (χ1) is 8.72. The third kappa shape index (κ3) is 1.86. The Labute approximate surface area is 109 Å². The van der Waals surface area contributed by atoms with E-state index < -0.39 is 0 Å². The van der Waals surface area contributed by atoms with Crippen LogP contribution < -0.4 is 5.73 Å². The number of nitrogens with zero attached hydrogens (tertiary/aromatic N) is 1. The van der Waals surface area contributed by atoms with E-state index in [9.17, 15) is 4.79 Å².